The maximum atomic E-state index is 14.1. The number of anilines is 1. The molecule has 1 fully saturated rings. The molecule has 7 rings (SSSR count). The second-order valence-electron chi connectivity index (χ2n) is 13.8. The van der Waals surface area contributed by atoms with Crippen molar-refractivity contribution in [3.63, 3.8) is 0 Å². The van der Waals surface area contributed by atoms with Crippen LogP contribution in [0.15, 0.2) is 143 Å². The molecule has 63 heavy (non-hydrogen) atoms. The number of thiazole rings is 1. The van der Waals surface area contributed by atoms with Crippen LogP contribution in [-0.4, -0.2) is 91.1 Å². The molecule has 2 aliphatic heterocycles. The Labute approximate surface area is 370 Å². The summed E-state index contributed by atoms with van der Waals surface area (Å²) >= 11 is 2.48. The number of aromatic nitrogens is 1. The third-order valence-electron chi connectivity index (χ3n) is 10.2. The van der Waals surface area contributed by atoms with E-state index in [2.05, 4.69) is 15.8 Å². The Bertz CT molecular complexity index is 2440. The number of allylic oxidation sites excluding steroid dienone is 1. The van der Waals surface area contributed by atoms with Gasteiger partial charge in [-0.1, -0.05) is 96.2 Å². The second kappa shape index (κ2) is 20.3. The first-order valence-corrected chi connectivity index (χ1v) is 21.4. The molecule has 0 saturated carbocycles. The number of hydrogen-bond donors (Lipinski definition) is 2. The Hall–Kier alpha value is -6.98. The van der Waals surface area contributed by atoms with Gasteiger partial charge < -0.3 is 34.4 Å². The molecule has 2 atom stereocenters. The standard InChI is InChI=1S/C46H42FN5O9S2/c1-57-34-21-19-29(36(25-34)58-2)26-60-44(56)40-30(20-22-37(53)59-3)27-62-43-39(42(55)52(40)43)49-41(54)38(51-61-24-23-47)35-28-63-45(48-35)50-46(31-13-7-4-8-14-31,32-15-9-5-10-16-32)33-17-11-6-12-18-33/h4-22,25,28,39,43H,23-24,26-27H2,1-3H3,(H,48,50)(H,49,54)/b22-20-,51-38-/t39-,43-/m1/s1. The Kier molecular flexibility index (Phi) is 14.2. The summed E-state index contributed by atoms with van der Waals surface area (Å²) in [6.07, 6.45) is 2.53. The van der Waals surface area contributed by atoms with Crippen LogP contribution < -0.4 is 20.1 Å². The maximum absolute atomic E-state index is 14.1. The molecule has 0 radical (unpaired) electrons. The van der Waals surface area contributed by atoms with Gasteiger partial charge in [-0.3, -0.25) is 14.5 Å². The molecule has 3 heterocycles. The van der Waals surface area contributed by atoms with E-state index in [4.69, 9.17) is 28.8 Å². The van der Waals surface area contributed by atoms with E-state index in [1.54, 1.807) is 23.6 Å². The van der Waals surface area contributed by atoms with E-state index >= 15 is 0 Å². The lowest BCUT2D eigenvalue weighted by molar-refractivity contribution is -0.153. The summed E-state index contributed by atoms with van der Waals surface area (Å²) in [7, 11) is 4.20. The lowest BCUT2D eigenvalue weighted by Gasteiger charge is -2.49. The first-order valence-electron chi connectivity index (χ1n) is 19.5. The lowest BCUT2D eigenvalue weighted by atomic mass is 9.77. The van der Waals surface area contributed by atoms with Crippen LogP contribution >= 0.6 is 23.1 Å². The van der Waals surface area contributed by atoms with Crippen molar-refractivity contribution in [2.75, 3.05) is 45.7 Å². The summed E-state index contributed by atoms with van der Waals surface area (Å²) in [6.45, 7) is -1.51. The Balaban J connectivity index is 1.15. The van der Waals surface area contributed by atoms with Crippen LogP contribution in [-0.2, 0) is 45.6 Å². The zero-order chi connectivity index (χ0) is 44.3. The van der Waals surface area contributed by atoms with Crippen LogP contribution in [0.5, 0.6) is 11.5 Å². The average molecular weight is 892 g/mol. The van der Waals surface area contributed by atoms with E-state index < -0.39 is 54.0 Å². The van der Waals surface area contributed by atoms with E-state index in [9.17, 15) is 23.6 Å². The molecule has 17 heteroatoms. The fourth-order valence-electron chi connectivity index (χ4n) is 7.12. The number of carbonyl (C=O) groups excluding carboxylic acids is 4. The number of amides is 2. The molecule has 324 valence electrons. The predicted molar refractivity (Wildman–Crippen MR) is 236 cm³/mol. The minimum absolute atomic E-state index is 0.101. The van der Waals surface area contributed by atoms with Gasteiger partial charge in [-0.25, -0.2) is 19.0 Å². The Morgan fingerprint density at radius 3 is 2.16 bits per heavy atom. The normalized spacial score (nSPS) is 16.2. The number of methoxy groups -OCH3 is 3. The van der Waals surface area contributed by atoms with Gasteiger partial charge in [0, 0.05) is 28.8 Å². The van der Waals surface area contributed by atoms with Gasteiger partial charge >= 0.3 is 11.9 Å². The number of ether oxygens (including phenoxy) is 4. The number of esters is 2. The van der Waals surface area contributed by atoms with Gasteiger partial charge in [-0.05, 0) is 40.5 Å². The quantitative estimate of drug-likeness (QED) is 0.0190. The van der Waals surface area contributed by atoms with Crippen molar-refractivity contribution in [1.82, 2.24) is 15.2 Å². The van der Waals surface area contributed by atoms with Crippen molar-refractivity contribution in [3.05, 3.63) is 166 Å². The summed E-state index contributed by atoms with van der Waals surface area (Å²) in [5, 5.41) is 11.7. The summed E-state index contributed by atoms with van der Waals surface area (Å²) in [5.74, 6) is -1.83. The molecule has 14 nitrogen and oxygen atoms in total. The predicted octanol–water partition coefficient (Wildman–Crippen LogP) is 6.38. The molecule has 0 aliphatic carbocycles. The first-order chi connectivity index (χ1) is 30.7. The van der Waals surface area contributed by atoms with Crippen molar-refractivity contribution in [3.8, 4) is 11.5 Å². The number of rotatable bonds is 18. The second-order valence-corrected chi connectivity index (χ2v) is 15.8. The third kappa shape index (κ3) is 9.44. The molecule has 2 aliphatic rings. The SMILES string of the molecule is COC(=O)/C=C\C1=C(C(=O)OCc2ccc(OC)cc2OC)N2C(=O)[C@@H](NC(=O)/C(=N\OCCF)c3csc(NC(c4ccccc4)(c4ccccc4)c4ccccc4)n3)[C@H]2SC1. The Morgan fingerprint density at radius 1 is 0.921 bits per heavy atom. The molecule has 1 saturated heterocycles. The highest BCUT2D eigenvalue weighted by atomic mass is 32.2. The highest BCUT2D eigenvalue weighted by Crippen LogP contribution is 2.43. The van der Waals surface area contributed by atoms with Crippen LogP contribution in [0, 0.1) is 0 Å². The van der Waals surface area contributed by atoms with Gasteiger partial charge in [-0.15, -0.1) is 23.1 Å². The number of thioether (sulfide) groups is 1. The zero-order valence-electron chi connectivity index (χ0n) is 34.3. The number of hydrogen-bond acceptors (Lipinski definition) is 14. The summed E-state index contributed by atoms with van der Waals surface area (Å²) < 4.78 is 34.4. The third-order valence-corrected chi connectivity index (χ3v) is 12.2. The van der Waals surface area contributed by atoms with Crippen LogP contribution in [0.25, 0.3) is 0 Å². The molecule has 2 N–H and O–H groups in total. The molecule has 0 bridgehead atoms. The number of halogens is 1. The summed E-state index contributed by atoms with van der Waals surface area (Å²) in [6, 6.07) is 33.6. The molecule has 0 unspecified atom stereocenters. The largest absolute Gasteiger partial charge is 0.497 e. The Morgan fingerprint density at radius 2 is 1.57 bits per heavy atom. The van der Waals surface area contributed by atoms with Crippen LogP contribution in [0.3, 0.4) is 0 Å². The van der Waals surface area contributed by atoms with Gasteiger partial charge in [-0.2, -0.15) is 0 Å². The van der Waals surface area contributed by atoms with Crippen molar-refractivity contribution in [2.45, 2.75) is 23.6 Å². The first kappa shape index (κ1) is 44.1. The van der Waals surface area contributed by atoms with E-state index in [0.29, 0.717) is 27.8 Å². The zero-order valence-corrected chi connectivity index (χ0v) is 36.0. The molecule has 5 aromatic rings. The van der Waals surface area contributed by atoms with Crippen molar-refractivity contribution in [2.24, 2.45) is 5.16 Å². The average Bonchev–Trinajstić information content (AvgIpc) is 3.80. The van der Waals surface area contributed by atoms with Crippen LogP contribution in [0.4, 0.5) is 9.52 Å². The van der Waals surface area contributed by atoms with Crippen LogP contribution in [0.2, 0.25) is 0 Å². The lowest BCUT2D eigenvalue weighted by Crippen LogP contribution is -2.71. The monoisotopic (exact) mass is 891 g/mol. The fourth-order valence-corrected chi connectivity index (χ4v) is 9.19. The summed E-state index contributed by atoms with van der Waals surface area (Å²) in [5.41, 5.74) is 2.43. The van der Waals surface area contributed by atoms with E-state index in [-0.39, 0.29) is 29.5 Å². The molecule has 0 spiro atoms. The number of nitrogens with one attached hydrogen (secondary N) is 2. The van der Waals surface area contributed by atoms with Gasteiger partial charge in [0.05, 0.1) is 21.3 Å². The molecule has 1 aromatic heterocycles. The van der Waals surface area contributed by atoms with Crippen molar-refractivity contribution in [1.29, 1.82) is 0 Å². The van der Waals surface area contributed by atoms with Gasteiger partial charge in [0.2, 0.25) is 0 Å². The fraction of sp³-hybridized carbons (Fsp3) is 0.217. The smallest absolute Gasteiger partial charge is 0.355 e. The van der Waals surface area contributed by atoms with Gasteiger partial charge in [0.25, 0.3) is 11.8 Å². The van der Waals surface area contributed by atoms with Gasteiger partial charge in [0.1, 0.15) is 59.7 Å². The number of oxime groups is 1. The topological polar surface area (TPSA) is 167 Å². The van der Waals surface area contributed by atoms with E-state index in [0.717, 1.165) is 22.8 Å². The minimum Gasteiger partial charge on any atom is -0.497 e. The highest BCUT2D eigenvalue weighted by Gasteiger charge is 2.54. The van der Waals surface area contributed by atoms with Crippen molar-refractivity contribution >= 4 is 57.7 Å². The maximum Gasteiger partial charge on any atom is 0.355 e. The number of β-lactam (4-membered cyclic amide) rings is 1. The molecule has 2 amide bonds. The summed E-state index contributed by atoms with van der Waals surface area (Å²) in [4.78, 5) is 65.2. The number of carbonyl (C=O) groups is 4. The molecular formula is C46H42FN5O9S2. The molecule has 4 aromatic carbocycles. The van der Waals surface area contributed by atoms with E-state index in [1.165, 1.54) is 55.4 Å². The number of alkyl halides is 1. The minimum atomic E-state index is -1.12. The number of benzene rings is 4. The van der Waals surface area contributed by atoms with Crippen LogP contribution in [0.1, 0.15) is 27.9 Å². The van der Waals surface area contributed by atoms with Crippen molar-refractivity contribution < 1.29 is 47.4 Å². The van der Waals surface area contributed by atoms with Gasteiger partial charge in [0.15, 0.2) is 10.8 Å². The highest BCUT2D eigenvalue weighted by molar-refractivity contribution is 8.00. The van der Waals surface area contributed by atoms with E-state index in [1.807, 2.05) is 91.0 Å². The number of fused-ring (bicyclic) bond motifs is 1. The number of nitrogens with zero attached hydrogens (tertiary/aromatic N) is 3. The molecular weight excluding hydrogens is 850 g/mol.